The SMILES string of the molecule is [CH2]CCc1ccoc1. The van der Waals surface area contributed by atoms with Crippen LogP contribution in [-0.4, -0.2) is 0 Å². The average Bonchev–Trinajstić information content (AvgIpc) is 2.19. The predicted molar refractivity (Wildman–Crippen MR) is 32.4 cm³/mol. The molecule has 0 amide bonds. The third-order valence-electron chi connectivity index (χ3n) is 1.05. The van der Waals surface area contributed by atoms with Crippen molar-refractivity contribution in [1.29, 1.82) is 0 Å². The highest BCUT2D eigenvalue weighted by Crippen LogP contribution is 2.01. The van der Waals surface area contributed by atoms with Gasteiger partial charge in [0, 0.05) is 0 Å². The number of rotatable bonds is 2. The van der Waals surface area contributed by atoms with Crippen LogP contribution in [0.2, 0.25) is 0 Å². The zero-order chi connectivity index (χ0) is 5.82. The maximum atomic E-state index is 4.84. The van der Waals surface area contributed by atoms with Crippen LogP contribution in [0.1, 0.15) is 12.0 Å². The first-order chi connectivity index (χ1) is 3.93. The van der Waals surface area contributed by atoms with Gasteiger partial charge in [0.1, 0.15) is 0 Å². The van der Waals surface area contributed by atoms with Crippen LogP contribution in [0, 0.1) is 6.92 Å². The second-order valence-corrected chi connectivity index (χ2v) is 1.74. The van der Waals surface area contributed by atoms with Crippen LogP contribution < -0.4 is 0 Å². The molecule has 1 rings (SSSR count). The summed E-state index contributed by atoms with van der Waals surface area (Å²) in [6.45, 7) is 3.72. The normalized spacial score (nSPS) is 9.62. The molecule has 0 fully saturated rings. The standard InChI is InChI=1S/C7H9O/c1-2-3-7-4-5-8-6-7/h4-6H,1-3H2. The van der Waals surface area contributed by atoms with Crippen molar-refractivity contribution < 1.29 is 4.42 Å². The second kappa shape index (κ2) is 2.55. The van der Waals surface area contributed by atoms with Crippen molar-refractivity contribution in [1.82, 2.24) is 0 Å². The van der Waals surface area contributed by atoms with Crippen LogP contribution in [0.3, 0.4) is 0 Å². The molecular weight excluding hydrogens is 100 g/mol. The molecule has 1 heteroatoms. The lowest BCUT2D eigenvalue weighted by atomic mass is 10.2. The fourth-order valence-corrected chi connectivity index (χ4v) is 0.639. The van der Waals surface area contributed by atoms with E-state index in [0.29, 0.717) is 0 Å². The van der Waals surface area contributed by atoms with E-state index in [1.165, 1.54) is 5.56 Å². The zero-order valence-electron chi connectivity index (χ0n) is 4.76. The van der Waals surface area contributed by atoms with Crippen molar-refractivity contribution in [2.45, 2.75) is 12.8 Å². The lowest BCUT2D eigenvalue weighted by Crippen LogP contribution is -1.74. The summed E-state index contributed by atoms with van der Waals surface area (Å²) >= 11 is 0. The molecule has 1 aromatic heterocycles. The largest absolute Gasteiger partial charge is 0.472 e. The summed E-state index contributed by atoms with van der Waals surface area (Å²) in [5, 5.41) is 0. The van der Waals surface area contributed by atoms with Gasteiger partial charge in [0.25, 0.3) is 0 Å². The molecule has 0 aliphatic carbocycles. The van der Waals surface area contributed by atoms with Gasteiger partial charge in [0.2, 0.25) is 0 Å². The third kappa shape index (κ3) is 1.12. The van der Waals surface area contributed by atoms with E-state index >= 15 is 0 Å². The summed E-state index contributed by atoms with van der Waals surface area (Å²) in [4.78, 5) is 0. The molecule has 0 aliphatic heterocycles. The Hall–Kier alpha value is -0.720. The Morgan fingerprint density at radius 3 is 3.00 bits per heavy atom. The smallest absolute Gasteiger partial charge is 0.0934 e. The number of hydrogen-bond donors (Lipinski definition) is 0. The molecule has 1 heterocycles. The zero-order valence-corrected chi connectivity index (χ0v) is 4.76. The van der Waals surface area contributed by atoms with E-state index in [1.807, 2.05) is 6.07 Å². The molecule has 1 aromatic rings. The van der Waals surface area contributed by atoms with E-state index in [9.17, 15) is 0 Å². The highest BCUT2D eigenvalue weighted by molar-refractivity contribution is 5.04. The molecule has 43 valence electrons. The third-order valence-corrected chi connectivity index (χ3v) is 1.05. The lowest BCUT2D eigenvalue weighted by Gasteiger charge is -1.84. The Bertz CT molecular complexity index is 130. The molecule has 1 radical (unpaired) electrons. The van der Waals surface area contributed by atoms with Crippen LogP contribution in [0.4, 0.5) is 0 Å². The fraction of sp³-hybridized carbons (Fsp3) is 0.286. The molecule has 0 atom stereocenters. The maximum absolute atomic E-state index is 4.84. The molecule has 0 unspecified atom stereocenters. The number of furan rings is 1. The van der Waals surface area contributed by atoms with Gasteiger partial charge < -0.3 is 4.42 Å². The van der Waals surface area contributed by atoms with E-state index in [4.69, 9.17) is 4.42 Å². The Morgan fingerprint density at radius 2 is 2.50 bits per heavy atom. The molecule has 8 heavy (non-hydrogen) atoms. The van der Waals surface area contributed by atoms with Gasteiger partial charge in [0.05, 0.1) is 12.5 Å². The topological polar surface area (TPSA) is 13.1 Å². The van der Waals surface area contributed by atoms with Gasteiger partial charge in [-0.15, -0.1) is 0 Å². The van der Waals surface area contributed by atoms with E-state index in [2.05, 4.69) is 6.92 Å². The van der Waals surface area contributed by atoms with Crippen molar-refractivity contribution in [2.75, 3.05) is 0 Å². The van der Waals surface area contributed by atoms with Crippen LogP contribution in [0.15, 0.2) is 23.0 Å². The first kappa shape index (κ1) is 5.42. The molecular formula is C7H9O. The molecule has 0 bridgehead atoms. The Balaban J connectivity index is 2.50. The summed E-state index contributed by atoms with van der Waals surface area (Å²) in [5.41, 5.74) is 1.24. The van der Waals surface area contributed by atoms with E-state index in [0.717, 1.165) is 12.8 Å². The van der Waals surface area contributed by atoms with Crippen LogP contribution in [0.25, 0.3) is 0 Å². The molecule has 0 aromatic carbocycles. The van der Waals surface area contributed by atoms with Crippen molar-refractivity contribution in [3.8, 4) is 0 Å². The van der Waals surface area contributed by atoms with E-state index in [-0.39, 0.29) is 0 Å². The van der Waals surface area contributed by atoms with Crippen molar-refractivity contribution >= 4 is 0 Å². The summed E-state index contributed by atoms with van der Waals surface area (Å²) in [7, 11) is 0. The second-order valence-electron chi connectivity index (χ2n) is 1.74. The van der Waals surface area contributed by atoms with Gasteiger partial charge >= 0.3 is 0 Å². The quantitative estimate of drug-likeness (QED) is 0.566. The Labute approximate surface area is 49.3 Å². The summed E-state index contributed by atoms with van der Waals surface area (Å²) in [6, 6.07) is 1.96. The fourth-order valence-electron chi connectivity index (χ4n) is 0.639. The highest BCUT2D eigenvalue weighted by Gasteiger charge is 1.88. The summed E-state index contributed by atoms with van der Waals surface area (Å²) in [6.07, 6.45) is 5.41. The Kier molecular flexibility index (Phi) is 1.73. The molecule has 0 saturated carbocycles. The highest BCUT2D eigenvalue weighted by atomic mass is 16.3. The molecule has 1 nitrogen and oxygen atoms in total. The minimum Gasteiger partial charge on any atom is -0.472 e. The molecule has 0 saturated heterocycles. The molecule has 0 aliphatic rings. The van der Waals surface area contributed by atoms with Crippen LogP contribution in [-0.2, 0) is 6.42 Å². The average molecular weight is 109 g/mol. The first-order valence-corrected chi connectivity index (χ1v) is 2.74. The maximum Gasteiger partial charge on any atom is 0.0934 e. The van der Waals surface area contributed by atoms with Crippen LogP contribution in [0.5, 0.6) is 0 Å². The minimum absolute atomic E-state index is 0.944. The van der Waals surface area contributed by atoms with Gasteiger partial charge in [-0.05, 0) is 24.5 Å². The van der Waals surface area contributed by atoms with E-state index < -0.39 is 0 Å². The monoisotopic (exact) mass is 109 g/mol. The van der Waals surface area contributed by atoms with Crippen molar-refractivity contribution in [2.24, 2.45) is 0 Å². The van der Waals surface area contributed by atoms with Crippen molar-refractivity contribution in [3.05, 3.63) is 31.1 Å². The first-order valence-electron chi connectivity index (χ1n) is 2.74. The van der Waals surface area contributed by atoms with Gasteiger partial charge in [-0.3, -0.25) is 0 Å². The van der Waals surface area contributed by atoms with E-state index in [1.54, 1.807) is 12.5 Å². The van der Waals surface area contributed by atoms with Gasteiger partial charge in [-0.2, -0.15) is 0 Å². The van der Waals surface area contributed by atoms with Crippen molar-refractivity contribution in [3.63, 3.8) is 0 Å². The van der Waals surface area contributed by atoms with Gasteiger partial charge in [-0.25, -0.2) is 0 Å². The lowest BCUT2D eigenvalue weighted by molar-refractivity contribution is 0.564. The molecule has 0 N–H and O–H groups in total. The number of aryl methyl sites for hydroxylation is 1. The summed E-state index contributed by atoms with van der Waals surface area (Å²) < 4.78 is 4.84. The minimum atomic E-state index is 0.944. The van der Waals surface area contributed by atoms with Gasteiger partial charge in [-0.1, -0.05) is 6.92 Å². The van der Waals surface area contributed by atoms with Gasteiger partial charge in [0.15, 0.2) is 0 Å². The predicted octanol–water partition coefficient (Wildman–Crippen LogP) is 2.05. The Morgan fingerprint density at radius 1 is 1.62 bits per heavy atom. The summed E-state index contributed by atoms with van der Waals surface area (Å²) in [5.74, 6) is 0. The van der Waals surface area contributed by atoms with Crippen LogP contribution >= 0.6 is 0 Å². The number of hydrogen-bond acceptors (Lipinski definition) is 1. The molecule has 0 spiro atoms.